The Hall–Kier alpha value is -3.36. The third-order valence-corrected chi connectivity index (χ3v) is 7.84. The molecule has 8 heteroatoms. The van der Waals surface area contributed by atoms with Crippen molar-refractivity contribution in [1.82, 2.24) is 4.31 Å². The van der Waals surface area contributed by atoms with Gasteiger partial charge in [-0.05, 0) is 68.7 Å². The minimum atomic E-state index is -3.54. The van der Waals surface area contributed by atoms with Crippen LogP contribution in [-0.2, 0) is 14.8 Å². The number of hydrogen-bond donors (Lipinski definition) is 1. The molecule has 3 aromatic carbocycles. The second-order valence-electron chi connectivity index (χ2n) is 8.54. The Bertz CT molecular complexity index is 1280. The van der Waals surface area contributed by atoms with E-state index in [1.54, 1.807) is 30.3 Å². The van der Waals surface area contributed by atoms with Crippen molar-refractivity contribution in [2.24, 2.45) is 16.1 Å². The summed E-state index contributed by atoms with van der Waals surface area (Å²) in [4.78, 5) is 13.3. The smallest absolute Gasteiger partial charge is 0.243 e. The van der Waals surface area contributed by atoms with E-state index in [1.807, 2.05) is 56.3 Å². The quantitative estimate of drug-likeness (QED) is 0.459. The standard InChI is InChI=1S/C26H28N4O3S/c1-19-8-11-22(12-9-19)28-29-25-18-20(2)10-13-24(25)27-26(31)21-14-16-30(17-15-21)34(32,33)23-6-4-3-5-7-23/h3-13,18,21H,14-17H2,1-2H3,(H,27,31). The number of amides is 1. The highest BCUT2D eigenvalue weighted by atomic mass is 32.2. The van der Waals surface area contributed by atoms with E-state index < -0.39 is 10.0 Å². The highest BCUT2D eigenvalue weighted by molar-refractivity contribution is 7.89. The van der Waals surface area contributed by atoms with Crippen molar-refractivity contribution in [3.63, 3.8) is 0 Å². The molecule has 0 spiro atoms. The van der Waals surface area contributed by atoms with Crippen molar-refractivity contribution in [3.8, 4) is 0 Å². The van der Waals surface area contributed by atoms with Crippen molar-refractivity contribution in [2.45, 2.75) is 31.6 Å². The molecule has 1 aliphatic rings. The molecule has 176 valence electrons. The molecule has 1 N–H and O–H groups in total. The summed E-state index contributed by atoms with van der Waals surface area (Å²) in [5, 5.41) is 11.6. The van der Waals surface area contributed by atoms with Crippen LogP contribution in [0.1, 0.15) is 24.0 Å². The topological polar surface area (TPSA) is 91.2 Å². The van der Waals surface area contributed by atoms with Crippen molar-refractivity contribution in [1.29, 1.82) is 0 Å². The average molecular weight is 477 g/mol. The van der Waals surface area contributed by atoms with E-state index in [2.05, 4.69) is 15.5 Å². The maximum atomic E-state index is 13.0. The van der Waals surface area contributed by atoms with E-state index in [0.29, 0.717) is 37.3 Å². The molecule has 0 saturated carbocycles. The van der Waals surface area contributed by atoms with Crippen LogP contribution in [0.15, 0.2) is 87.9 Å². The molecule has 0 radical (unpaired) electrons. The molecular weight excluding hydrogens is 448 g/mol. The van der Waals surface area contributed by atoms with Crippen LogP contribution in [0.5, 0.6) is 0 Å². The molecule has 0 bridgehead atoms. The summed E-state index contributed by atoms with van der Waals surface area (Å²) >= 11 is 0. The largest absolute Gasteiger partial charge is 0.324 e. The molecule has 7 nitrogen and oxygen atoms in total. The first-order chi connectivity index (χ1) is 16.3. The number of benzene rings is 3. The molecule has 1 aliphatic heterocycles. The summed E-state index contributed by atoms with van der Waals surface area (Å²) in [5.74, 6) is -0.405. The highest BCUT2D eigenvalue weighted by Gasteiger charge is 2.32. The van der Waals surface area contributed by atoms with Crippen LogP contribution in [0.2, 0.25) is 0 Å². The fraction of sp³-hybridized carbons (Fsp3) is 0.269. The summed E-state index contributed by atoms with van der Waals surface area (Å²) in [6.07, 6.45) is 0.925. The number of hydrogen-bond acceptors (Lipinski definition) is 5. The van der Waals surface area contributed by atoms with Crippen molar-refractivity contribution in [3.05, 3.63) is 83.9 Å². The third-order valence-electron chi connectivity index (χ3n) is 5.92. The van der Waals surface area contributed by atoms with Gasteiger partial charge in [-0.15, -0.1) is 5.11 Å². The Labute approximate surface area is 200 Å². The van der Waals surface area contributed by atoms with Crippen molar-refractivity contribution < 1.29 is 13.2 Å². The molecule has 0 atom stereocenters. The van der Waals surface area contributed by atoms with Gasteiger partial charge in [0.25, 0.3) is 0 Å². The summed E-state index contributed by atoms with van der Waals surface area (Å²) in [5.41, 5.74) is 4.06. The predicted octanol–water partition coefficient (Wildman–Crippen LogP) is 5.76. The molecule has 1 saturated heterocycles. The first kappa shape index (κ1) is 23.8. The SMILES string of the molecule is Cc1ccc(N=Nc2cc(C)ccc2NC(=O)C2CCN(S(=O)(=O)c3ccccc3)CC2)cc1. The number of carbonyl (C=O) groups excluding carboxylic acids is 1. The van der Waals surface area contributed by atoms with Gasteiger partial charge in [0.1, 0.15) is 5.69 Å². The molecule has 34 heavy (non-hydrogen) atoms. The number of aryl methyl sites for hydroxylation is 2. The fourth-order valence-electron chi connectivity index (χ4n) is 3.89. The third kappa shape index (κ3) is 5.58. The Kier molecular flexibility index (Phi) is 7.19. The predicted molar refractivity (Wildman–Crippen MR) is 133 cm³/mol. The van der Waals surface area contributed by atoms with Gasteiger partial charge in [0.15, 0.2) is 0 Å². The van der Waals surface area contributed by atoms with Crippen LogP contribution in [-0.4, -0.2) is 31.7 Å². The number of nitrogens with zero attached hydrogens (tertiary/aromatic N) is 3. The number of azo groups is 1. The van der Waals surface area contributed by atoms with E-state index >= 15 is 0 Å². The molecule has 0 unspecified atom stereocenters. The summed E-state index contributed by atoms with van der Waals surface area (Å²) < 4.78 is 27.1. The molecule has 1 fully saturated rings. The lowest BCUT2D eigenvalue weighted by Crippen LogP contribution is -2.41. The zero-order chi connectivity index (χ0) is 24.1. The van der Waals surface area contributed by atoms with Crippen molar-refractivity contribution in [2.75, 3.05) is 18.4 Å². The zero-order valence-corrected chi connectivity index (χ0v) is 20.1. The number of anilines is 1. The summed E-state index contributed by atoms with van der Waals surface area (Å²) in [6, 6.07) is 21.7. The number of nitrogens with one attached hydrogen (secondary N) is 1. The molecule has 3 aromatic rings. The molecule has 0 aliphatic carbocycles. The number of piperidine rings is 1. The molecule has 0 aromatic heterocycles. The van der Waals surface area contributed by atoms with Gasteiger partial charge in [0.05, 0.1) is 16.3 Å². The van der Waals surface area contributed by atoms with Gasteiger partial charge in [0.2, 0.25) is 15.9 Å². The molecule has 1 heterocycles. The van der Waals surface area contributed by atoms with E-state index in [1.165, 1.54) is 4.31 Å². The molecule has 4 rings (SSSR count). The highest BCUT2D eigenvalue weighted by Crippen LogP contribution is 2.30. The lowest BCUT2D eigenvalue weighted by atomic mass is 9.97. The normalized spacial score (nSPS) is 15.5. The van der Waals surface area contributed by atoms with Gasteiger partial charge in [-0.2, -0.15) is 9.42 Å². The maximum absolute atomic E-state index is 13.0. The monoisotopic (exact) mass is 476 g/mol. The van der Waals surface area contributed by atoms with Gasteiger partial charge in [0, 0.05) is 19.0 Å². The number of sulfonamides is 1. The van der Waals surface area contributed by atoms with Crippen LogP contribution in [0.3, 0.4) is 0 Å². The van der Waals surface area contributed by atoms with Gasteiger partial charge < -0.3 is 5.32 Å². The fourth-order valence-corrected chi connectivity index (χ4v) is 5.38. The summed E-state index contributed by atoms with van der Waals surface area (Å²) in [7, 11) is -3.54. The van der Waals surface area contributed by atoms with Crippen LogP contribution < -0.4 is 5.32 Å². The van der Waals surface area contributed by atoms with Crippen LogP contribution in [0.4, 0.5) is 17.1 Å². The first-order valence-corrected chi connectivity index (χ1v) is 12.7. The van der Waals surface area contributed by atoms with Gasteiger partial charge in [-0.1, -0.05) is 42.0 Å². The van der Waals surface area contributed by atoms with Gasteiger partial charge >= 0.3 is 0 Å². The Balaban J connectivity index is 1.42. The second-order valence-corrected chi connectivity index (χ2v) is 10.5. The minimum Gasteiger partial charge on any atom is -0.324 e. The first-order valence-electron chi connectivity index (χ1n) is 11.3. The Morgan fingerprint density at radius 3 is 2.21 bits per heavy atom. The Morgan fingerprint density at radius 2 is 1.53 bits per heavy atom. The lowest BCUT2D eigenvalue weighted by molar-refractivity contribution is -0.120. The van der Waals surface area contributed by atoms with Crippen LogP contribution in [0.25, 0.3) is 0 Å². The average Bonchev–Trinajstić information content (AvgIpc) is 2.85. The summed E-state index contributed by atoms with van der Waals surface area (Å²) in [6.45, 7) is 4.59. The van der Waals surface area contributed by atoms with E-state index in [9.17, 15) is 13.2 Å². The maximum Gasteiger partial charge on any atom is 0.243 e. The molecule has 1 amide bonds. The van der Waals surface area contributed by atoms with E-state index in [0.717, 1.165) is 16.8 Å². The zero-order valence-electron chi connectivity index (χ0n) is 19.3. The lowest BCUT2D eigenvalue weighted by Gasteiger charge is -2.30. The van der Waals surface area contributed by atoms with Gasteiger partial charge in [-0.25, -0.2) is 8.42 Å². The molecular formula is C26H28N4O3S. The van der Waals surface area contributed by atoms with Gasteiger partial charge in [-0.3, -0.25) is 4.79 Å². The number of rotatable bonds is 6. The Morgan fingerprint density at radius 1 is 0.882 bits per heavy atom. The minimum absolute atomic E-state index is 0.132. The van der Waals surface area contributed by atoms with E-state index in [4.69, 9.17) is 0 Å². The number of carbonyl (C=O) groups is 1. The second kappa shape index (κ2) is 10.3. The van der Waals surface area contributed by atoms with Crippen LogP contribution >= 0.6 is 0 Å². The van der Waals surface area contributed by atoms with E-state index in [-0.39, 0.29) is 16.7 Å². The van der Waals surface area contributed by atoms with Crippen molar-refractivity contribution >= 4 is 33.0 Å². The van der Waals surface area contributed by atoms with Crippen LogP contribution in [0, 0.1) is 19.8 Å².